The van der Waals surface area contributed by atoms with Crippen molar-refractivity contribution in [3.05, 3.63) is 18.0 Å². The summed E-state index contributed by atoms with van der Waals surface area (Å²) >= 11 is 0. The van der Waals surface area contributed by atoms with E-state index < -0.39 is 5.60 Å². The molecule has 0 saturated heterocycles. The Balaban J connectivity index is 1.94. The van der Waals surface area contributed by atoms with E-state index in [0.29, 0.717) is 12.5 Å². The van der Waals surface area contributed by atoms with Crippen molar-refractivity contribution in [2.24, 2.45) is 7.05 Å². The molecule has 0 spiro atoms. The summed E-state index contributed by atoms with van der Waals surface area (Å²) in [6, 6.07) is 2.56. The van der Waals surface area contributed by atoms with Gasteiger partial charge in [-0.05, 0) is 38.8 Å². The number of hydrogen-bond donors (Lipinski definition) is 2. The van der Waals surface area contributed by atoms with Gasteiger partial charge in [-0.15, -0.1) is 0 Å². The van der Waals surface area contributed by atoms with Crippen molar-refractivity contribution in [3.8, 4) is 0 Å². The van der Waals surface area contributed by atoms with Crippen LogP contribution in [-0.2, 0) is 13.5 Å². The van der Waals surface area contributed by atoms with E-state index in [0.717, 1.165) is 31.4 Å². The van der Waals surface area contributed by atoms with Crippen molar-refractivity contribution < 1.29 is 5.11 Å². The van der Waals surface area contributed by atoms with Gasteiger partial charge in [-0.2, -0.15) is 5.10 Å². The second kappa shape index (κ2) is 4.55. The van der Waals surface area contributed by atoms with Gasteiger partial charge in [0.15, 0.2) is 0 Å². The van der Waals surface area contributed by atoms with Crippen LogP contribution in [0.2, 0.25) is 0 Å². The summed E-state index contributed by atoms with van der Waals surface area (Å²) in [7, 11) is 3.90. The number of nitrogens with zero attached hydrogens (tertiary/aromatic N) is 2. The van der Waals surface area contributed by atoms with Gasteiger partial charge in [0.25, 0.3) is 0 Å². The van der Waals surface area contributed by atoms with Crippen LogP contribution in [0.15, 0.2) is 12.3 Å². The Hall–Kier alpha value is -0.870. The van der Waals surface area contributed by atoms with E-state index in [1.807, 2.05) is 26.4 Å². The fraction of sp³-hybridized carbons (Fsp3) is 0.750. The molecular formula is C12H21N3O. The molecule has 0 radical (unpaired) electrons. The zero-order valence-electron chi connectivity index (χ0n) is 10.1. The minimum atomic E-state index is -0.540. The Kier molecular flexibility index (Phi) is 3.30. The maximum Gasteiger partial charge on any atom is 0.0704 e. The molecule has 1 saturated carbocycles. The topological polar surface area (TPSA) is 50.1 Å². The van der Waals surface area contributed by atoms with Crippen LogP contribution in [0.25, 0.3) is 0 Å². The smallest absolute Gasteiger partial charge is 0.0704 e. The molecule has 0 aliphatic heterocycles. The Morgan fingerprint density at radius 2 is 2.25 bits per heavy atom. The van der Waals surface area contributed by atoms with Crippen molar-refractivity contribution in [2.75, 3.05) is 7.05 Å². The maximum absolute atomic E-state index is 10.5. The molecule has 0 bridgehead atoms. The van der Waals surface area contributed by atoms with Crippen LogP contribution in [0.5, 0.6) is 0 Å². The van der Waals surface area contributed by atoms with Gasteiger partial charge in [-0.1, -0.05) is 0 Å². The fourth-order valence-electron chi connectivity index (χ4n) is 2.52. The first kappa shape index (κ1) is 11.6. The number of aliphatic hydroxyl groups is 1. The zero-order chi connectivity index (χ0) is 11.6. The summed E-state index contributed by atoms with van der Waals surface area (Å²) < 4.78 is 1.79. The fourth-order valence-corrected chi connectivity index (χ4v) is 2.52. The van der Waals surface area contributed by atoms with Crippen LogP contribution >= 0.6 is 0 Å². The normalized spacial score (nSPS) is 30.6. The van der Waals surface area contributed by atoms with Crippen LogP contribution in [0.4, 0.5) is 0 Å². The van der Waals surface area contributed by atoms with Gasteiger partial charge in [0.1, 0.15) is 0 Å². The summed E-state index contributed by atoms with van der Waals surface area (Å²) in [6.07, 6.45) is 6.46. The van der Waals surface area contributed by atoms with Crippen molar-refractivity contribution >= 4 is 0 Å². The summed E-state index contributed by atoms with van der Waals surface area (Å²) in [4.78, 5) is 0. The molecule has 4 heteroatoms. The molecular weight excluding hydrogens is 202 g/mol. The highest BCUT2D eigenvalue weighted by molar-refractivity contribution is 5.05. The lowest BCUT2D eigenvalue weighted by Gasteiger charge is -2.35. The van der Waals surface area contributed by atoms with E-state index in [1.165, 1.54) is 0 Å². The van der Waals surface area contributed by atoms with Crippen LogP contribution < -0.4 is 5.32 Å². The molecule has 90 valence electrons. The molecule has 0 aromatic carbocycles. The number of hydrogen-bond acceptors (Lipinski definition) is 3. The molecule has 4 nitrogen and oxygen atoms in total. The number of aryl methyl sites for hydroxylation is 1. The third-order valence-corrected chi connectivity index (χ3v) is 3.60. The molecule has 16 heavy (non-hydrogen) atoms. The summed E-state index contributed by atoms with van der Waals surface area (Å²) in [5.41, 5.74) is 0.453. The van der Waals surface area contributed by atoms with Crippen LogP contribution in [0, 0.1) is 0 Å². The molecule has 1 fully saturated rings. The van der Waals surface area contributed by atoms with E-state index in [1.54, 1.807) is 4.68 Å². The third kappa shape index (κ3) is 2.62. The number of aromatic nitrogens is 2. The third-order valence-electron chi connectivity index (χ3n) is 3.60. The summed E-state index contributed by atoms with van der Waals surface area (Å²) in [5, 5.41) is 18.1. The maximum atomic E-state index is 10.5. The van der Waals surface area contributed by atoms with E-state index in [4.69, 9.17) is 0 Å². The van der Waals surface area contributed by atoms with E-state index in [2.05, 4.69) is 10.4 Å². The average molecular weight is 223 g/mol. The summed E-state index contributed by atoms with van der Waals surface area (Å²) in [5.74, 6) is 0. The van der Waals surface area contributed by atoms with E-state index in [9.17, 15) is 5.11 Å². The lowest BCUT2D eigenvalue weighted by molar-refractivity contribution is -0.00329. The first-order valence-corrected chi connectivity index (χ1v) is 5.99. The number of rotatable bonds is 3. The Morgan fingerprint density at radius 1 is 1.56 bits per heavy atom. The molecule has 1 aliphatic carbocycles. The van der Waals surface area contributed by atoms with Crippen molar-refractivity contribution in [2.45, 2.75) is 43.7 Å². The summed E-state index contributed by atoms with van der Waals surface area (Å²) in [6.45, 7) is 0. The van der Waals surface area contributed by atoms with Gasteiger partial charge in [0, 0.05) is 25.7 Å². The zero-order valence-corrected chi connectivity index (χ0v) is 10.1. The van der Waals surface area contributed by atoms with E-state index in [-0.39, 0.29) is 0 Å². The van der Waals surface area contributed by atoms with Crippen molar-refractivity contribution in [3.63, 3.8) is 0 Å². The lowest BCUT2D eigenvalue weighted by Crippen LogP contribution is -2.41. The molecule has 1 aromatic heterocycles. The minimum Gasteiger partial charge on any atom is -0.389 e. The minimum absolute atomic E-state index is 0.540. The van der Waals surface area contributed by atoms with E-state index >= 15 is 0 Å². The van der Waals surface area contributed by atoms with Crippen molar-refractivity contribution in [1.82, 2.24) is 15.1 Å². The lowest BCUT2D eigenvalue weighted by atomic mass is 9.79. The molecule has 1 aliphatic rings. The van der Waals surface area contributed by atoms with Crippen LogP contribution in [0.3, 0.4) is 0 Å². The highest BCUT2D eigenvalue weighted by Crippen LogP contribution is 2.30. The van der Waals surface area contributed by atoms with Gasteiger partial charge in [0.2, 0.25) is 0 Å². The van der Waals surface area contributed by atoms with Gasteiger partial charge in [0.05, 0.1) is 11.3 Å². The molecule has 0 atom stereocenters. The van der Waals surface area contributed by atoms with Gasteiger partial charge in [-0.25, -0.2) is 0 Å². The van der Waals surface area contributed by atoms with Gasteiger partial charge < -0.3 is 10.4 Å². The standard InChI is InChI=1S/C12H21N3O/c1-13-10-3-6-12(16,7-4-10)9-11-5-8-15(2)14-11/h5,8,10,13,16H,3-4,6-7,9H2,1-2H3. The molecule has 0 unspecified atom stereocenters. The predicted octanol–water partition coefficient (Wildman–Crippen LogP) is 0.856. The second-order valence-corrected chi connectivity index (χ2v) is 4.94. The highest BCUT2D eigenvalue weighted by atomic mass is 16.3. The molecule has 1 aromatic rings. The van der Waals surface area contributed by atoms with Crippen LogP contribution in [0.1, 0.15) is 31.4 Å². The average Bonchev–Trinajstić information content (AvgIpc) is 2.64. The number of nitrogens with one attached hydrogen (secondary N) is 1. The van der Waals surface area contributed by atoms with Crippen LogP contribution in [-0.4, -0.2) is 33.6 Å². The Labute approximate surface area is 96.7 Å². The SMILES string of the molecule is CNC1CCC(O)(Cc2ccn(C)n2)CC1. The molecule has 2 rings (SSSR count). The molecule has 0 amide bonds. The Morgan fingerprint density at radius 3 is 2.75 bits per heavy atom. The van der Waals surface area contributed by atoms with Crippen molar-refractivity contribution in [1.29, 1.82) is 0 Å². The van der Waals surface area contributed by atoms with Gasteiger partial charge in [-0.3, -0.25) is 4.68 Å². The highest BCUT2D eigenvalue weighted by Gasteiger charge is 2.33. The molecule has 1 heterocycles. The largest absolute Gasteiger partial charge is 0.389 e. The quantitative estimate of drug-likeness (QED) is 0.799. The second-order valence-electron chi connectivity index (χ2n) is 4.94. The Bertz CT molecular complexity index is 340. The first-order chi connectivity index (χ1) is 7.61. The monoisotopic (exact) mass is 223 g/mol. The first-order valence-electron chi connectivity index (χ1n) is 5.99. The molecule has 2 N–H and O–H groups in total. The predicted molar refractivity (Wildman–Crippen MR) is 63.2 cm³/mol. The van der Waals surface area contributed by atoms with Gasteiger partial charge >= 0.3 is 0 Å².